The number of benzene rings is 3. The van der Waals surface area contributed by atoms with Gasteiger partial charge in [-0.1, -0.05) is 74.6 Å². The lowest BCUT2D eigenvalue weighted by Crippen LogP contribution is -2.42. The number of thioether (sulfide) groups is 1. The van der Waals surface area contributed by atoms with Crippen molar-refractivity contribution in [2.75, 3.05) is 30.6 Å². The van der Waals surface area contributed by atoms with E-state index in [2.05, 4.69) is 72.6 Å². The molecule has 1 N–H and O–H groups in total. The van der Waals surface area contributed by atoms with E-state index in [1.54, 1.807) is 11.8 Å². The molecule has 4 rings (SSSR count). The minimum Gasteiger partial charge on any atom is -0.467 e. The van der Waals surface area contributed by atoms with E-state index in [4.69, 9.17) is 4.74 Å². The van der Waals surface area contributed by atoms with Gasteiger partial charge in [0.2, 0.25) is 0 Å². The van der Waals surface area contributed by atoms with Gasteiger partial charge >= 0.3 is 5.97 Å². The van der Waals surface area contributed by atoms with E-state index in [1.165, 1.54) is 56.9 Å². The first-order chi connectivity index (χ1) is 20.4. The van der Waals surface area contributed by atoms with E-state index in [-0.39, 0.29) is 5.91 Å². The highest BCUT2D eigenvalue weighted by molar-refractivity contribution is 7.98. The number of nitrogens with one attached hydrogen (secondary N) is 1. The number of rotatable bonds is 13. The summed E-state index contributed by atoms with van der Waals surface area (Å²) in [4.78, 5) is 28.6. The zero-order valence-corrected chi connectivity index (χ0v) is 26.5. The van der Waals surface area contributed by atoms with Crippen molar-refractivity contribution in [2.45, 2.75) is 71.4 Å². The summed E-state index contributed by atoms with van der Waals surface area (Å²) in [7, 11) is 1.36. The molecule has 0 bridgehead atoms. The minimum atomic E-state index is -0.684. The van der Waals surface area contributed by atoms with Crippen LogP contribution in [-0.4, -0.2) is 43.6 Å². The summed E-state index contributed by atoms with van der Waals surface area (Å²) in [6.07, 6.45) is 10.5. The standard InChI is InChI=1S/C36H46N2O3S/c1-26-11-10-15-30(23-26)38(21-19-28-13-6-5-7-14-28)25-29-17-18-32(33(24-29)31-16-9-8-12-27(31)2)35(39)37-34(20-22-42-4)36(40)41-3/h8-12,15-18,23-24,28,34H,5-7,13-14,19-22,25H2,1-4H3,(H,37,39)/t34-/m0/s1. The van der Waals surface area contributed by atoms with Crippen LogP contribution in [0.5, 0.6) is 0 Å². The van der Waals surface area contributed by atoms with Gasteiger partial charge in [0.15, 0.2) is 0 Å². The first-order valence-electron chi connectivity index (χ1n) is 15.3. The molecule has 1 atom stereocenters. The van der Waals surface area contributed by atoms with Crippen molar-refractivity contribution in [3.8, 4) is 11.1 Å². The molecular weight excluding hydrogens is 540 g/mol. The van der Waals surface area contributed by atoms with Crippen LogP contribution in [0.3, 0.4) is 0 Å². The van der Waals surface area contributed by atoms with E-state index in [9.17, 15) is 9.59 Å². The summed E-state index contributed by atoms with van der Waals surface area (Å²) in [6, 6.07) is 22.4. The summed E-state index contributed by atoms with van der Waals surface area (Å²) in [6.45, 7) is 5.98. The molecule has 5 nitrogen and oxygen atoms in total. The first kappa shape index (κ1) is 31.7. The lowest BCUT2D eigenvalue weighted by molar-refractivity contribution is -0.142. The number of esters is 1. The fraction of sp³-hybridized carbons (Fsp3) is 0.444. The Hall–Kier alpha value is -3.25. The van der Waals surface area contributed by atoms with Crippen LogP contribution >= 0.6 is 11.8 Å². The van der Waals surface area contributed by atoms with Crippen molar-refractivity contribution in [1.82, 2.24) is 5.32 Å². The highest BCUT2D eigenvalue weighted by Crippen LogP contribution is 2.31. The van der Waals surface area contributed by atoms with E-state index >= 15 is 0 Å². The molecular formula is C36H46N2O3S. The Bertz CT molecular complexity index is 1330. The molecule has 0 heterocycles. The lowest BCUT2D eigenvalue weighted by atomic mass is 9.87. The second kappa shape index (κ2) is 15.8. The van der Waals surface area contributed by atoms with Crippen LogP contribution in [0, 0.1) is 19.8 Å². The molecule has 0 aromatic heterocycles. The predicted molar refractivity (Wildman–Crippen MR) is 176 cm³/mol. The van der Waals surface area contributed by atoms with Crippen LogP contribution in [0.2, 0.25) is 0 Å². The molecule has 3 aromatic carbocycles. The topological polar surface area (TPSA) is 58.6 Å². The molecule has 6 heteroatoms. The van der Waals surface area contributed by atoms with Gasteiger partial charge < -0.3 is 15.0 Å². The number of methoxy groups -OCH3 is 1. The molecule has 3 aromatic rings. The zero-order valence-electron chi connectivity index (χ0n) is 25.7. The molecule has 0 aliphatic heterocycles. The summed E-state index contributed by atoms with van der Waals surface area (Å²) in [5, 5.41) is 2.96. The van der Waals surface area contributed by atoms with E-state index < -0.39 is 12.0 Å². The highest BCUT2D eigenvalue weighted by Gasteiger charge is 2.24. The average Bonchev–Trinajstić information content (AvgIpc) is 3.01. The zero-order chi connectivity index (χ0) is 29.9. The molecule has 0 radical (unpaired) electrons. The van der Waals surface area contributed by atoms with Gasteiger partial charge in [0, 0.05) is 24.3 Å². The Morgan fingerprint density at radius 1 is 0.976 bits per heavy atom. The normalized spacial score (nSPS) is 14.3. The van der Waals surface area contributed by atoms with E-state index in [1.807, 2.05) is 24.5 Å². The maximum absolute atomic E-state index is 13.7. The molecule has 42 heavy (non-hydrogen) atoms. The Balaban J connectivity index is 1.65. The first-order valence-corrected chi connectivity index (χ1v) is 16.7. The molecule has 0 spiro atoms. The number of amides is 1. The number of anilines is 1. The molecule has 224 valence electrons. The van der Waals surface area contributed by atoms with E-state index in [0.29, 0.717) is 12.0 Å². The Kier molecular flexibility index (Phi) is 11.9. The molecule has 1 saturated carbocycles. The number of carbonyl (C=O) groups is 2. The molecule has 0 unspecified atom stereocenters. The summed E-state index contributed by atoms with van der Waals surface area (Å²) in [5.41, 5.74) is 7.21. The third-order valence-electron chi connectivity index (χ3n) is 8.44. The minimum absolute atomic E-state index is 0.260. The van der Waals surface area contributed by atoms with E-state index in [0.717, 1.165) is 47.0 Å². The fourth-order valence-corrected chi connectivity index (χ4v) is 6.48. The third kappa shape index (κ3) is 8.64. The molecule has 1 fully saturated rings. The maximum Gasteiger partial charge on any atom is 0.328 e. The summed E-state index contributed by atoms with van der Waals surface area (Å²) < 4.78 is 4.99. The van der Waals surface area contributed by atoms with Crippen LogP contribution in [0.4, 0.5) is 5.69 Å². The quantitative estimate of drug-likeness (QED) is 0.206. The van der Waals surface area contributed by atoms with Gasteiger partial charge in [-0.2, -0.15) is 11.8 Å². The van der Waals surface area contributed by atoms with Crippen molar-refractivity contribution >= 4 is 29.3 Å². The highest BCUT2D eigenvalue weighted by atomic mass is 32.2. The van der Waals surface area contributed by atoms with Gasteiger partial charge in [-0.3, -0.25) is 4.79 Å². The number of carbonyl (C=O) groups excluding carboxylic acids is 2. The van der Waals surface area contributed by atoms with Gasteiger partial charge in [-0.15, -0.1) is 0 Å². The van der Waals surface area contributed by atoms with Gasteiger partial charge in [-0.05, 0) is 96.7 Å². The van der Waals surface area contributed by atoms with Crippen LogP contribution in [0.1, 0.15) is 72.0 Å². The Labute approximate surface area is 256 Å². The van der Waals surface area contributed by atoms with Crippen LogP contribution in [-0.2, 0) is 16.1 Å². The predicted octanol–water partition coefficient (Wildman–Crippen LogP) is 7.97. The third-order valence-corrected chi connectivity index (χ3v) is 9.08. The SMILES string of the molecule is COC(=O)[C@H](CCSC)NC(=O)c1ccc(CN(CCC2CCCCC2)c2cccc(C)c2)cc1-c1ccccc1C. The number of ether oxygens (including phenoxy) is 1. The van der Waals surface area contributed by atoms with Crippen LogP contribution in [0.15, 0.2) is 66.7 Å². The van der Waals surface area contributed by atoms with Crippen molar-refractivity contribution in [3.63, 3.8) is 0 Å². The van der Waals surface area contributed by atoms with Crippen molar-refractivity contribution in [3.05, 3.63) is 89.0 Å². The van der Waals surface area contributed by atoms with Crippen molar-refractivity contribution < 1.29 is 14.3 Å². The lowest BCUT2D eigenvalue weighted by Gasteiger charge is -2.29. The number of aryl methyl sites for hydroxylation is 2. The molecule has 1 amide bonds. The monoisotopic (exact) mass is 586 g/mol. The maximum atomic E-state index is 13.7. The molecule has 0 saturated heterocycles. The fourth-order valence-electron chi connectivity index (χ4n) is 6.01. The van der Waals surface area contributed by atoms with Crippen LogP contribution < -0.4 is 10.2 Å². The number of hydrogen-bond acceptors (Lipinski definition) is 5. The van der Waals surface area contributed by atoms with Crippen molar-refractivity contribution in [2.24, 2.45) is 5.92 Å². The van der Waals surface area contributed by atoms with Crippen molar-refractivity contribution in [1.29, 1.82) is 0 Å². The molecule has 1 aliphatic carbocycles. The van der Waals surface area contributed by atoms with Crippen LogP contribution in [0.25, 0.3) is 11.1 Å². The van der Waals surface area contributed by atoms with Gasteiger partial charge in [0.25, 0.3) is 5.91 Å². The second-order valence-corrected chi connectivity index (χ2v) is 12.6. The van der Waals surface area contributed by atoms with Gasteiger partial charge in [0.05, 0.1) is 7.11 Å². The summed E-state index contributed by atoms with van der Waals surface area (Å²) >= 11 is 1.64. The smallest absolute Gasteiger partial charge is 0.328 e. The molecule has 1 aliphatic rings. The Morgan fingerprint density at radius 3 is 2.48 bits per heavy atom. The number of nitrogens with zero attached hydrogens (tertiary/aromatic N) is 1. The summed E-state index contributed by atoms with van der Waals surface area (Å²) in [5.74, 6) is 0.870. The van der Waals surface area contributed by atoms with Gasteiger partial charge in [0.1, 0.15) is 6.04 Å². The second-order valence-electron chi connectivity index (χ2n) is 11.6. The Morgan fingerprint density at radius 2 is 1.76 bits per heavy atom. The average molecular weight is 587 g/mol. The number of hydrogen-bond donors (Lipinski definition) is 1. The van der Waals surface area contributed by atoms with Gasteiger partial charge in [-0.25, -0.2) is 4.79 Å². The largest absolute Gasteiger partial charge is 0.467 e.